The van der Waals surface area contributed by atoms with Crippen LogP contribution in [0.4, 0.5) is 5.69 Å². The van der Waals surface area contributed by atoms with Crippen molar-refractivity contribution in [3.05, 3.63) is 77.2 Å². The Morgan fingerprint density at radius 3 is 2.50 bits per heavy atom. The predicted molar refractivity (Wildman–Crippen MR) is 129 cm³/mol. The molecule has 162 valence electrons. The summed E-state index contributed by atoms with van der Waals surface area (Å²) in [6.07, 6.45) is 5.23. The summed E-state index contributed by atoms with van der Waals surface area (Å²) in [5.41, 5.74) is 1.44. The van der Waals surface area contributed by atoms with Crippen molar-refractivity contribution in [3.63, 3.8) is 0 Å². The first kappa shape index (κ1) is 22.0. The summed E-state index contributed by atoms with van der Waals surface area (Å²) >= 11 is 6.50. The van der Waals surface area contributed by atoms with Crippen LogP contribution >= 0.6 is 24.0 Å². The van der Waals surface area contributed by atoms with Crippen molar-refractivity contribution in [2.24, 2.45) is 0 Å². The fourth-order valence-electron chi connectivity index (χ4n) is 3.52. The summed E-state index contributed by atoms with van der Waals surface area (Å²) in [6, 6.07) is 15.5. The summed E-state index contributed by atoms with van der Waals surface area (Å²) in [5, 5.41) is 0. The number of amides is 3. The Labute approximate surface area is 195 Å². The number of benzene rings is 2. The van der Waals surface area contributed by atoms with Crippen molar-refractivity contribution in [1.29, 1.82) is 0 Å². The number of imide groups is 1. The first-order chi connectivity index (χ1) is 15.5. The van der Waals surface area contributed by atoms with Crippen molar-refractivity contribution in [2.45, 2.75) is 19.4 Å². The number of hydrogen-bond donors (Lipinski definition) is 0. The maximum Gasteiger partial charge on any atom is 0.266 e. The van der Waals surface area contributed by atoms with Crippen LogP contribution in [-0.2, 0) is 14.4 Å². The standard InChI is InChI=1S/C24H20N2O4S2/c1-2-30-18-13-11-17(12-14-18)25-21(27)15-19(22(25)28)26-23(29)20(32-24(26)31)10-6-9-16-7-4-3-5-8-16/h3-14,19H,2,15H2,1H3/b9-6+,20-10-/t19-/m1/s1. The normalized spacial score (nSPS) is 20.3. The third-order valence-corrected chi connectivity index (χ3v) is 6.35. The van der Waals surface area contributed by atoms with Gasteiger partial charge in [-0.05, 0) is 42.8 Å². The molecule has 3 amide bonds. The minimum Gasteiger partial charge on any atom is -0.494 e. The molecule has 1 atom stereocenters. The molecule has 0 N–H and O–H groups in total. The first-order valence-corrected chi connectivity index (χ1v) is 11.3. The van der Waals surface area contributed by atoms with Gasteiger partial charge in [-0.1, -0.05) is 66.5 Å². The van der Waals surface area contributed by atoms with E-state index in [2.05, 4.69) is 0 Å². The van der Waals surface area contributed by atoms with Crippen LogP contribution in [0.1, 0.15) is 18.9 Å². The number of ether oxygens (including phenoxy) is 1. The number of carbonyl (C=O) groups excluding carboxylic acids is 3. The molecule has 0 radical (unpaired) electrons. The SMILES string of the molecule is CCOc1ccc(N2C(=O)C[C@@H](N3C(=O)/C(=C/C=C/c4ccccc4)SC3=S)C2=O)cc1. The van der Waals surface area contributed by atoms with Gasteiger partial charge in [0.15, 0.2) is 0 Å². The van der Waals surface area contributed by atoms with Crippen molar-refractivity contribution in [2.75, 3.05) is 11.5 Å². The Balaban J connectivity index is 1.51. The number of rotatable bonds is 6. The molecular weight excluding hydrogens is 444 g/mol. The van der Waals surface area contributed by atoms with E-state index in [1.54, 1.807) is 36.4 Å². The third-order valence-electron chi connectivity index (χ3n) is 5.00. The number of anilines is 1. The van der Waals surface area contributed by atoms with Gasteiger partial charge in [-0.3, -0.25) is 19.3 Å². The van der Waals surface area contributed by atoms with Crippen LogP contribution in [0.25, 0.3) is 6.08 Å². The van der Waals surface area contributed by atoms with Crippen LogP contribution in [0.3, 0.4) is 0 Å². The second kappa shape index (κ2) is 9.50. The summed E-state index contributed by atoms with van der Waals surface area (Å²) in [7, 11) is 0. The minimum atomic E-state index is -0.939. The Morgan fingerprint density at radius 1 is 1.09 bits per heavy atom. The second-order valence-corrected chi connectivity index (χ2v) is 8.73. The molecule has 32 heavy (non-hydrogen) atoms. The van der Waals surface area contributed by atoms with E-state index in [-0.39, 0.29) is 22.6 Å². The van der Waals surface area contributed by atoms with Gasteiger partial charge in [0.05, 0.1) is 23.6 Å². The lowest BCUT2D eigenvalue weighted by Crippen LogP contribution is -2.44. The van der Waals surface area contributed by atoms with Crippen molar-refractivity contribution in [3.8, 4) is 5.75 Å². The molecule has 4 rings (SSSR count). The van der Waals surface area contributed by atoms with Gasteiger partial charge in [-0.15, -0.1) is 0 Å². The molecule has 2 saturated heterocycles. The molecule has 0 bridgehead atoms. The highest BCUT2D eigenvalue weighted by atomic mass is 32.2. The highest BCUT2D eigenvalue weighted by Crippen LogP contribution is 2.36. The smallest absolute Gasteiger partial charge is 0.266 e. The molecular formula is C24H20N2O4S2. The summed E-state index contributed by atoms with van der Waals surface area (Å²) < 4.78 is 5.68. The van der Waals surface area contributed by atoms with Gasteiger partial charge < -0.3 is 4.74 Å². The fourth-order valence-corrected chi connectivity index (χ4v) is 4.83. The Bertz CT molecular complexity index is 1130. The Hall–Kier alpha value is -3.23. The fraction of sp³-hybridized carbons (Fsp3) is 0.167. The summed E-state index contributed by atoms with van der Waals surface area (Å²) in [6.45, 7) is 2.39. The molecule has 2 aliphatic heterocycles. The van der Waals surface area contributed by atoms with Gasteiger partial charge >= 0.3 is 0 Å². The molecule has 2 aromatic carbocycles. The number of hydrogen-bond acceptors (Lipinski definition) is 6. The van der Waals surface area contributed by atoms with Gasteiger partial charge in [0.1, 0.15) is 16.1 Å². The van der Waals surface area contributed by atoms with Crippen LogP contribution in [0.15, 0.2) is 71.7 Å². The summed E-state index contributed by atoms with van der Waals surface area (Å²) in [4.78, 5) is 41.5. The van der Waals surface area contributed by atoms with Gasteiger partial charge in [-0.25, -0.2) is 4.90 Å². The largest absolute Gasteiger partial charge is 0.494 e. The van der Waals surface area contributed by atoms with E-state index in [1.165, 1.54) is 4.90 Å². The minimum absolute atomic E-state index is 0.106. The lowest BCUT2D eigenvalue weighted by molar-refractivity contribution is -0.130. The second-order valence-electron chi connectivity index (χ2n) is 7.06. The van der Waals surface area contributed by atoms with E-state index in [4.69, 9.17) is 17.0 Å². The molecule has 8 heteroatoms. The monoisotopic (exact) mass is 464 g/mol. The first-order valence-electron chi connectivity index (χ1n) is 10.1. The number of thioether (sulfide) groups is 1. The predicted octanol–water partition coefficient (Wildman–Crippen LogP) is 4.17. The van der Waals surface area contributed by atoms with E-state index >= 15 is 0 Å². The molecule has 0 unspecified atom stereocenters. The van der Waals surface area contributed by atoms with Crippen molar-refractivity contribution in [1.82, 2.24) is 4.90 Å². The van der Waals surface area contributed by atoms with Gasteiger partial charge in [0, 0.05) is 0 Å². The lowest BCUT2D eigenvalue weighted by atomic mass is 10.2. The van der Waals surface area contributed by atoms with E-state index < -0.39 is 11.9 Å². The van der Waals surface area contributed by atoms with Crippen LogP contribution in [0.5, 0.6) is 5.75 Å². The molecule has 6 nitrogen and oxygen atoms in total. The zero-order chi connectivity index (χ0) is 22.7. The topological polar surface area (TPSA) is 66.9 Å². The quantitative estimate of drug-likeness (QED) is 0.363. The number of allylic oxidation sites excluding steroid dienone is 2. The molecule has 0 spiro atoms. The zero-order valence-electron chi connectivity index (χ0n) is 17.3. The van der Waals surface area contributed by atoms with Crippen LogP contribution in [-0.4, -0.2) is 39.6 Å². The molecule has 2 fully saturated rings. The third kappa shape index (κ3) is 4.37. The molecule has 2 heterocycles. The average Bonchev–Trinajstić information content (AvgIpc) is 3.23. The van der Waals surface area contributed by atoms with E-state index in [0.717, 1.165) is 22.2 Å². The van der Waals surface area contributed by atoms with Crippen molar-refractivity contribution < 1.29 is 19.1 Å². The maximum atomic E-state index is 13.1. The van der Waals surface area contributed by atoms with Gasteiger partial charge in [0.2, 0.25) is 5.91 Å². The number of nitrogens with zero attached hydrogens (tertiary/aromatic N) is 2. The molecule has 2 aromatic rings. The Kier molecular flexibility index (Phi) is 6.53. The number of thiocarbonyl (C=S) groups is 1. The van der Waals surface area contributed by atoms with Crippen LogP contribution in [0, 0.1) is 0 Å². The maximum absolute atomic E-state index is 13.1. The molecule has 0 saturated carbocycles. The van der Waals surface area contributed by atoms with Gasteiger partial charge in [0.25, 0.3) is 11.8 Å². The zero-order valence-corrected chi connectivity index (χ0v) is 18.9. The van der Waals surface area contributed by atoms with Crippen molar-refractivity contribution >= 4 is 57.8 Å². The Morgan fingerprint density at radius 2 is 1.81 bits per heavy atom. The molecule has 0 aliphatic carbocycles. The lowest BCUT2D eigenvalue weighted by Gasteiger charge is -2.21. The van der Waals surface area contributed by atoms with E-state index in [1.807, 2.05) is 43.3 Å². The average molecular weight is 465 g/mol. The number of carbonyl (C=O) groups is 3. The van der Waals surface area contributed by atoms with Gasteiger partial charge in [-0.2, -0.15) is 0 Å². The summed E-state index contributed by atoms with van der Waals surface area (Å²) in [5.74, 6) is -0.544. The van der Waals surface area contributed by atoms with E-state index in [0.29, 0.717) is 22.9 Å². The van der Waals surface area contributed by atoms with E-state index in [9.17, 15) is 14.4 Å². The molecule has 2 aliphatic rings. The highest BCUT2D eigenvalue weighted by molar-refractivity contribution is 8.26. The van der Waals surface area contributed by atoms with Crippen LogP contribution < -0.4 is 9.64 Å². The molecule has 0 aromatic heterocycles. The van der Waals surface area contributed by atoms with Crippen LogP contribution in [0.2, 0.25) is 0 Å². The highest BCUT2D eigenvalue weighted by Gasteiger charge is 2.48.